The second kappa shape index (κ2) is 7.71. The summed E-state index contributed by atoms with van der Waals surface area (Å²) in [6, 6.07) is 7.21. The van der Waals surface area contributed by atoms with Crippen molar-refractivity contribution < 1.29 is 24.0 Å². The van der Waals surface area contributed by atoms with Gasteiger partial charge < -0.3 is 10.4 Å². The lowest BCUT2D eigenvalue weighted by Gasteiger charge is -2.18. The Labute approximate surface area is 146 Å². The van der Waals surface area contributed by atoms with E-state index in [0.717, 1.165) is 24.3 Å². The van der Waals surface area contributed by atoms with E-state index in [1.807, 2.05) is 0 Å². The maximum atomic E-state index is 13.2. The van der Waals surface area contributed by atoms with Gasteiger partial charge in [-0.15, -0.1) is 0 Å². The molecule has 0 saturated heterocycles. The van der Waals surface area contributed by atoms with Crippen LogP contribution in [-0.4, -0.2) is 21.9 Å². The number of rotatable bonds is 6. The quantitative estimate of drug-likeness (QED) is 0.602. The van der Waals surface area contributed by atoms with Crippen LogP contribution in [0.4, 0.5) is 10.1 Å². The van der Waals surface area contributed by atoms with Gasteiger partial charge in [-0.25, -0.2) is 4.39 Å². The average molecular weight is 367 g/mol. The van der Waals surface area contributed by atoms with Crippen LogP contribution in [0, 0.1) is 15.9 Å². The molecule has 1 atom stereocenters. The molecule has 0 aliphatic carbocycles. The standard InChI is InChI=1S/C16H12ClFN2O5/c17-13-5-4-11(20(24)25)7-12(13)14(8-15(21)22)19-16(23)9-2-1-3-10(18)6-9/h1-7,14H,8H2,(H,19,23)(H,21,22)/t14-/m0/s1. The molecule has 0 aliphatic rings. The maximum Gasteiger partial charge on any atom is 0.305 e. The molecule has 0 heterocycles. The number of halogens is 2. The van der Waals surface area contributed by atoms with Crippen LogP contribution in [-0.2, 0) is 4.79 Å². The molecule has 2 aromatic carbocycles. The van der Waals surface area contributed by atoms with Crippen LogP contribution in [0.15, 0.2) is 42.5 Å². The number of benzene rings is 2. The molecule has 2 aromatic rings. The highest BCUT2D eigenvalue weighted by molar-refractivity contribution is 6.31. The number of hydrogen-bond acceptors (Lipinski definition) is 4. The lowest BCUT2D eigenvalue weighted by Crippen LogP contribution is -2.30. The van der Waals surface area contributed by atoms with E-state index >= 15 is 0 Å². The van der Waals surface area contributed by atoms with Crippen molar-refractivity contribution in [2.45, 2.75) is 12.5 Å². The maximum absolute atomic E-state index is 13.2. The zero-order chi connectivity index (χ0) is 18.6. The molecule has 0 aromatic heterocycles. The summed E-state index contributed by atoms with van der Waals surface area (Å²) in [7, 11) is 0. The Bertz CT molecular complexity index is 843. The number of nitrogens with one attached hydrogen (secondary N) is 1. The van der Waals surface area contributed by atoms with Gasteiger partial charge in [0.25, 0.3) is 11.6 Å². The minimum atomic E-state index is -1.24. The van der Waals surface area contributed by atoms with E-state index in [4.69, 9.17) is 16.7 Å². The Hall–Kier alpha value is -3.00. The van der Waals surface area contributed by atoms with Crippen molar-refractivity contribution in [3.63, 3.8) is 0 Å². The molecular formula is C16H12ClFN2O5. The van der Waals surface area contributed by atoms with E-state index in [0.29, 0.717) is 0 Å². The predicted molar refractivity (Wildman–Crippen MR) is 87.0 cm³/mol. The fourth-order valence-corrected chi connectivity index (χ4v) is 2.45. The molecule has 0 aliphatic heterocycles. The first-order valence-electron chi connectivity index (χ1n) is 7.00. The number of aliphatic carboxylic acids is 1. The fourth-order valence-electron chi connectivity index (χ4n) is 2.20. The number of non-ortho nitro benzene ring substituents is 1. The van der Waals surface area contributed by atoms with Crippen LogP contribution < -0.4 is 5.32 Å². The highest BCUT2D eigenvalue weighted by atomic mass is 35.5. The molecule has 0 spiro atoms. The summed E-state index contributed by atoms with van der Waals surface area (Å²) in [6.07, 6.45) is -0.554. The predicted octanol–water partition coefficient (Wildman–Crippen LogP) is 3.33. The van der Waals surface area contributed by atoms with Gasteiger partial charge in [-0.2, -0.15) is 0 Å². The number of nitro groups is 1. The Morgan fingerprint density at radius 1 is 1.28 bits per heavy atom. The normalized spacial score (nSPS) is 11.6. The third-order valence-electron chi connectivity index (χ3n) is 3.34. The molecule has 0 radical (unpaired) electrons. The highest BCUT2D eigenvalue weighted by Crippen LogP contribution is 2.29. The van der Waals surface area contributed by atoms with Crippen molar-refractivity contribution in [1.29, 1.82) is 0 Å². The Morgan fingerprint density at radius 2 is 2.00 bits per heavy atom. The summed E-state index contributed by atoms with van der Waals surface area (Å²) in [5.41, 5.74) is -0.227. The number of hydrogen-bond donors (Lipinski definition) is 2. The van der Waals surface area contributed by atoms with E-state index in [1.165, 1.54) is 18.2 Å². The van der Waals surface area contributed by atoms with Crippen LogP contribution in [0.1, 0.15) is 28.4 Å². The second-order valence-electron chi connectivity index (χ2n) is 5.10. The van der Waals surface area contributed by atoms with Crippen LogP contribution in [0.2, 0.25) is 5.02 Å². The zero-order valence-electron chi connectivity index (χ0n) is 12.6. The van der Waals surface area contributed by atoms with Gasteiger partial charge in [0, 0.05) is 28.3 Å². The summed E-state index contributed by atoms with van der Waals surface area (Å²) in [5.74, 6) is -2.60. The van der Waals surface area contributed by atoms with Gasteiger partial charge in [0.1, 0.15) is 5.82 Å². The third kappa shape index (κ3) is 4.74. The van der Waals surface area contributed by atoms with Gasteiger partial charge in [0.05, 0.1) is 17.4 Å². The van der Waals surface area contributed by atoms with Crippen LogP contribution >= 0.6 is 11.6 Å². The number of nitro benzene ring substituents is 1. The summed E-state index contributed by atoms with van der Waals surface area (Å²) >= 11 is 6.01. The topological polar surface area (TPSA) is 110 Å². The molecule has 9 heteroatoms. The van der Waals surface area contributed by atoms with Crippen molar-refractivity contribution in [3.05, 3.63) is 74.5 Å². The van der Waals surface area contributed by atoms with Gasteiger partial charge in [-0.05, 0) is 24.3 Å². The molecule has 2 rings (SSSR count). The Balaban J connectivity index is 2.36. The van der Waals surface area contributed by atoms with Gasteiger partial charge in [0.15, 0.2) is 0 Å². The molecular weight excluding hydrogens is 355 g/mol. The van der Waals surface area contributed by atoms with E-state index in [9.17, 15) is 24.1 Å². The molecule has 25 heavy (non-hydrogen) atoms. The number of carbonyl (C=O) groups excluding carboxylic acids is 1. The first-order valence-corrected chi connectivity index (χ1v) is 7.38. The van der Waals surface area contributed by atoms with Crippen molar-refractivity contribution >= 4 is 29.2 Å². The number of amides is 1. The molecule has 0 fully saturated rings. The Morgan fingerprint density at radius 3 is 2.60 bits per heavy atom. The number of nitrogens with zero attached hydrogens (tertiary/aromatic N) is 1. The Kier molecular flexibility index (Phi) is 5.66. The third-order valence-corrected chi connectivity index (χ3v) is 3.68. The van der Waals surface area contributed by atoms with E-state index in [-0.39, 0.29) is 21.8 Å². The van der Waals surface area contributed by atoms with Crippen molar-refractivity contribution in [1.82, 2.24) is 5.32 Å². The fraction of sp³-hybridized carbons (Fsp3) is 0.125. The zero-order valence-corrected chi connectivity index (χ0v) is 13.4. The molecule has 7 nitrogen and oxygen atoms in total. The van der Waals surface area contributed by atoms with E-state index in [2.05, 4.69) is 5.32 Å². The average Bonchev–Trinajstić information content (AvgIpc) is 2.54. The monoisotopic (exact) mass is 366 g/mol. The van der Waals surface area contributed by atoms with Gasteiger partial charge in [0.2, 0.25) is 0 Å². The largest absolute Gasteiger partial charge is 0.481 e. The van der Waals surface area contributed by atoms with Crippen molar-refractivity contribution in [2.24, 2.45) is 0 Å². The summed E-state index contributed by atoms with van der Waals surface area (Å²) in [6.45, 7) is 0. The van der Waals surface area contributed by atoms with Crippen molar-refractivity contribution in [3.8, 4) is 0 Å². The lowest BCUT2D eigenvalue weighted by atomic mass is 10.0. The molecule has 0 unspecified atom stereocenters. The van der Waals surface area contributed by atoms with Gasteiger partial charge >= 0.3 is 5.97 Å². The number of carboxylic acids is 1. The van der Waals surface area contributed by atoms with Crippen molar-refractivity contribution in [2.75, 3.05) is 0 Å². The number of carboxylic acid groups (broad SMARTS) is 1. The van der Waals surface area contributed by atoms with Crippen LogP contribution in [0.5, 0.6) is 0 Å². The highest BCUT2D eigenvalue weighted by Gasteiger charge is 2.23. The summed E-state index contributed by atoms with van der Waals surface area (Å²) in [5, 5.41) is 22.4. The molecule has 1 amide bonds. The SMILES string of the molecule is O=C(O)C[C@H](NC(=O)c1cccc(F)c1)c1cc([N+](=O)[O-])ccc1Cl. The van der Waals surface area contributed by atoms with E-state index < -0.39 is 35.1 Å². The minimum absolute atomic E-state index is 0.0167. The summed E-state index contributed by atoms with van der Waals surface area (Å²) in [4.78, 5) is 33.6. The molecule has 0 saturated carbocycles. The number of carbonyl (C=O) groups is 2. The smallest absolute Gasteiger partial charge is 0.305 e. The minimum Gasteiger partial charge on any atom is -0.481 e. The lowest BCUT2D eigenvalue weighted by molar-refractivity contribution is -0.384. The second-order valence-corrected chi connectivity index (χ2v) is 5.50. The molecule has 2 N–H and O–H groups in total. The molecule has 0 bridgehead atoms. The summed E-state index contributed by atoms with van der Waals surface area (Å²) < 4.78 is 13.2. The first-order chi connectivity index (χ1) is 11.8. The van der Waals surface area contributed by atoms with Crippen LogP contribution in [0.3, 0.4) is 0 Å². The first kappa shape index (κ1) is 18.3. The van der Waals surface area contributed by atoms with Gasteiger partial charge in [-0.3, -0.25) is 19.7 Å². The van der Waals surface area contributed by atoms with Crippen LogP contribution in [0.25, 0.3) is 0 Å². The van der Waals surface area contributed by atoms with E-state index in [1.54, 1.807) is 0 Å². The molecule has 130 valence electrons. The van der Waals surface area contributed by atoms with Gasteiger partial charge in [-0.1, -0.05) is 17.7 Å².